The summed E-state index contributed by atoms with van der Waals surface area (Å²) in [4.78, 5) is 0. The molecule has 2 heteroatoms. The van der Waals surface area contributed by atoms with Crippen LogP contribution in [0.15, 0.2) is 0 Å². The Morgan fingerprint density at radius 2 is 2.00 bits per heavy atom. The summed E-state index contributed by atoms with van der Waals surface area (Å²) in [6, 6.07) is 0. The Hall–Kier alpha value is 0.690. The number of ether oxygens (including phenoxy) is 1. The molecule has 1 nitrogen and oxygen atoms in total. The summed E-state index contributed by atoms with van der Waals surface area (Å²) in [5.41, 5.74) is 0.775. The van der Waals surface area contributed by atoms with Crippen LogP contribution in [0.4, 0.5) is 0 Å². The molecule has 1 heterocycles. The molecule has 1 atom stereocenters. The highest BCUT2D eigenvalue weighted by atomic mass is 127. The van der Waals surface area contributed by atoms with Gasteiger partial charge in [0.1, 0.15) is 0 Å². The fourth-order valence-electron chi connectivity index (χ4n) is 3.19. The maximum atomic E-state index is 5.43. The SMILES string of the molecule is IC12CC(C3CCOC3)(C1)C2. The molecular formula is C9H13IO. The lowest BCUT2D eigenvalue weighted by Gasteiger charge is -2.70. The van der Waals surface area contributed by atoms with E-state index in [-0.39, 0.29) is 0 Å². The molecule has 4 aliphatic rings. The maximum absolute atomic E-state index is 5.43. The first-order valence-corrected chi connectivity index (χ1v) is 5.57. The fourth-order valence-corrected chi connectivity index (χ4v) is 5.47. The monoisotopic (exact) mass is 264 g/mol. The minimum absolute atomic E-state index is 0.750. The third-order valence-electron chi connectivity index (χ3n) is 3.80. The van der Waals surface area contributed by atoms with Crippen LogP contribution in [0.5, 0.6) is 0 Å². The summed E-state index contributed by atoms with van der Waals surface area (Å²) < 4.78 is 6.18. The summed E-state index contributed by atoms with van der Waals surface area (Å²) in [7, 11) is 0. The van der Waals surface area contributed by atoms with Crippen molar-refractivity contribution in [2.75, 3.05) is 13.2 Å². The van der Waals surface area contributed by atoms with Crippen molar-refractivity contribution < 1.29 is 4.74 Å². The summed E-state index contributed by atoms with van der Waals surface area (Å²) in [5.74, 6) is 0.930. The van der Waals surface area contributed by atoms with Crippen LogP contribution in [0.3, 0.4) is 0 Å². The van der Waals surface area contributed by atoms with Crippen molar-refractivity contribution in [1.29, 1.82) is 0 Å². The standard InChI is InChI=1S/C9H13IO/c10-9-4-8(5-9,6-9)7-1-2-11-3-7/h7H,1-6H2. The highest BCUT2D eigenvalue weighted by molar-refractivity contribution is 14.1. The Bertz CT molecular complexity index is 176. The normalized spacial score (nSPS) is 60.3. The molecule has 3 saturated carbocycles. The molecule has 62 valence electrons. The van der Waals surface area contributed by atoms with Crippen LogP contribution in [-0.2, 0) is 4.74 Å². The highest BCUT2D eigenvalue weighted by Crippen LogP contribution is 2.75. The van der Waals surface area contributed by atoms with E-state index in [1.54, 1.807) is 0 Å². The largest absolute Gasteiger partial charge is 0.381 e. The van der Waals surface area contributed by atoms with Crippen LogP contribution in [0.25, 0.3) is 0 Å². The smallest absolute Gasteiger partial charge is 0.0500 e. The minimum atomic E-state index is 0.750. The van der Waals surface area contributed by atoms with Crippen LogP contribution in [0.2, 0.25) is 0 Å². The second-order valence-corrected chi connectivity index (χ2v) is 6.89. The van der Waals surface area contributed by atoms with Crippen LogP contribution in [0.1, 0.15) is 25.7 Å². The zero-order chi connectivity index (χ0) is 7.53. The van der Waals surface area contributed by atoms with Gasteiger partial charge in [-0.1, -0.05) is 22.6 Å². The summed E-state index contributed by atoms with van der Waals surface area (Å²) in [6.45, 7) is 2.09. The van der Waals surface area contributed by atoms with E-state index < -0.39 is 0 Å². The fraction of sp³-hybridized carbons (Fsp3) is 1.00. The molecule has 3 aliphatic carbocycles. The molecule has 0 amide bonds. The number of halogens is 1. The van der Waals surface area contributed by atoms with Gasteiger partial charge in [0.15, 0.2) is 0 Å². The van der Waals surface area contributed by atoms with E-state index in [1.165, 1.54) is 25.7 Å². The van der Waals surface area contributed by atoms with Crippen molar-refractivity contribution in [2.24, 2.45) is 11.3 Å². The van der Waals surface area contributed by atoms with E-state index in [9.17, 15) is 0 Å². The predicted molar refractivity (Wildman–Crippen MR) is 52.0 cm³/mol. The van der Waals surface area contributed by atoms with Crippen molar-refractivity contribution in [3.8, 4) is 0 Å². The second-order valence-electron chi connectivity index (χ2n) is 4.60. The number of rotatable bonds is 1. The second kappa shape index (κ2) is 1.95. The van der Waals surface area contributed by atoms with Gasteiger partial charge in [0, 0.05) is 16.6 Å². The first-order valence-electron chi connectivity index (χ1n) is 4.49. The van der Waals surface area contributed by atoms with Gasteiger partial charge in [-0.25, -0.2) is 0 Å². The van der Waals surface area contributed by atoms with E-state index >= 15 is 0 Å². The molecule has 0 aromatic heterocycles. The molecule has 0 N–H and O–H groups in total. The number of alkyl halides is 1. The molecule has 1 aliphatic heterocycles. The molecule has 0 aromatic rings. The molecule has 2 bridgehead atoms. The topological polar surface area (TPSA) is 9.23 Å². The van der Waals surface area contributed by atoms with Gasteiger partial charge in [-0.2, -0.15) is 0 Å². The van der Waals surface area contributed by atoms with Crippen LogP contribution >= 0.6 is 22.6 Å². The lowest BCUT2D eigenvalue weighted by Crippen LogP contribution is -2.66. The molecule has 11 heavy (non-hydrogen) atoms. The van der Waals surface area contributed by atoms with Gasteiger partial charge in [0.2, 0.25) is 0 Å². The van der Waals surface area contributed by atoms with E-state index in [2.05, 4.69) is 22.6 Å². The molecule has 1 unspecified atom stereocenters. The lowest BCUT2D eigenvalue weighted by molar-refractivity contribution is -0.114. The Labute approximate surface area is 81.0 Å². The zero-order valence-electron chi connectivity index (χ0n) is 6.61. The van der Waals surface area contributed by atoms with Gasteiger partial charge in [-0.15, -0.1) is 0 Å². The van der Waals surface area contributed by atoms with E-state index in [0.29, 0.717) is 0 Å². The highest BCUT2D eigenvalue weighted by Gasteiger charge is 2.69. The third-order valence-corrected chi connectivity index (χ3v) is 4.95. The molecule has 0 radical (unpaired) electrons. The van der Waals surface area contributed by atoms with Crippen LogP contribution in [0, 0.1) is 11.3 Å². The number of hydrogen-bond acceptors (Lipinski definition) is 1. The first-order chi connectivity index (χ1) is 5.23. The third kappa shape index (κ3) is 0.804. The average Bonchev–Trinajstić information content (AvgIpc) is 2.28. The summed E-state index contributed by atoms with van der Waals surface area (Å²) in [5, 5.41) is 0. The van der Waals surface area contributed by atoms with Crippen LogP contribution < -0.4 is 0 Å². The van der Waals surface area contributed by atoms with Crippen LogP contribution in [-0.4, -0.2) is 16.6 Å². The Morgan fingerprint density at radius 1 is 1.27 bits per heavy atom. The summed E-state index contributed by atoms with van der Waals surface area (Å²) in [6.07, 6.45) is 5.82. The molecule has 0 spiro atoms. The van der Waals surface area contributed by atoms with Gasteiger partial charge in [-0.3, -0.25) is 0 Å². The van der Waals surface area contributed by atoms with Crippen molar-refractivity contribution in [2.45, 2.75) is 29.1 Å². The Morgan fingerprint density at radius 3 is 2.45 bits per heavy atom. The molecular weight excluding hydrogens is 251 g/mol. The van der Waals surface area contributed by atoms with E-state index in [4.69, 9.17) is 4.74 Å². The van der Waals surface area contributed by atoms with Crippen molar-refractivity contribution in [1.82, 2.24) is 0 Å². The van der Waals surface area contributed by atoms with Gasteiger partial charge >= 0.3 is 0 Å². The first kappa shape index (κ1) is 7.13. The van der Waals surface area contributed by atoms with Gasteiger partial charge in [-0.05, 0) is 37.0 Å². The molecule has 1 saturated heterocycles. The van der Waals surface area contributed by atoms with E-state index in [0.717, 1.165) is 28.0 Å². The van der Waals surface area contributed by atoms with E-state index in [1.807, 2.05) is 0 Å². The molecule has 4 rings (SSSR count). The predicted octanol–water partition coefficient (Wildman–Crippen LogP) is 2.38. The van der Waals surface area contributed by atoms with Gasteiger partial charge in [0.25, 0.3) is 0 Å². The Kier molecular flexibility index (Phi) is 1.26. The zero-order valence-corrected chi connectivity index (χ0v) is 8.76. The quantitative estimate of drug-likeness (QED) is 0.522. The van der Waals surface area contributed by atoms with Gasteiger partial charge < -0.3 is 4.74 Å². The Balaban J connectivity index is 1.72. The van der Waals surface area contributed by atoms with Gasteiger partial charge in [0.05, 0.1) is 0 Å². The summed E-state index contributed by atoms with van der Waals surface area (Å²) >= 11 is 2.65. The molecule has 0 aromatic carbocycles. The lowest BCUT2D eigenvalue weighted by atomic mass is 9.40. The number of hydrogen-bond donors (Lipinski definition) is 0. The van der Waals surface area contributed by atoms with Crippen molar-refractivity contribution in [3.05, 3.63) is 0 Å². The minimum Gasteiger partial charge on any atom is -0.381 e. The van der Waals surface area contributed by atoms with Crippen molar-refractivity contribution in [3.63, 3.8) is 0 Å². The maximum Gasteiger partial charge on any atom is 0.0500 e. The van der Waals surface area contributed by atoms with Crippen molar-refractivity contribution >= 4 is 22.6 Å². The average molecular weight is 264 g/mol. The molecule has 4 fully saturated rings.